The van der Waals surface area contributed by atoms with Crippen molar-refractivity contribution < 1.29 is 9.53 Å². The van der Waals surface area contributed by atoms with Crippen LogP contribution in [-0.2, 0) is 11.3 Å². The molecule has 0 N–H and O–H groups in total. The predicted octanol–water partition coefficient (Wildman–Crippen LogP) is 2.65. The summed E-state index contributed by atoms with van der Waals surface area (Å²) in [6.45, 7) is 11.2. The largest absolute Gasteiger partial charge is 0.462 e. The molecule has 0 radical (unpaired) electrons. The van der Waals surface area contributed by atoms with Gasteiger partial charge in [-0.2, -0.15) is 0 Å². The zero-order valence-corrected chi connectivity index (χ0v) is 8.98. The lowest BCUT2D eigenvalue weighted by Gasteiger charge is -1.95. The summed E-state index contributed by atoms with van der Waals surface area (Å²) in [6, 6.07) is 1.75. The van der Waals surface area contributed by atoms with Crippen molar-refractivity contribution in [3.63, 3.8) is 0 Å². The number of thiophene rings is 1. The number of ether oxygens (including phenoxy) is 1. The van der Waals surface area contributed by atoms with Gasteiger partial charge in [0, 0.05) is 10.4 Å². The number of aryl methyl sites for hydroxylation is 1. The molecule has 1 aromatic heterocycles. The number of rotatable bonds is 3. The van der Waals surface area contributed by atoms with Gasteiger partial charge in [-0.1, -0.05) is 0 Å². The molecule has 74 valence electrons. The molecule has 3 nitrogen and oxygen atoms in total. The van der Waals surface area contributed by atoms with Gasteiger partial charge in [-0.3, -0.25) is 0 Å². The van der Waals surface area contributed by atoms with Gasteiger partial charge in [0.05, 0.1) is 6.61 Å². The Bertz CT molecular complexity index is 376. The zero-order chi connectivity index (χ0) is 10.6. The predicted molar refractivity (Wildman–Crippen MR) is 55.3 cm³/mol. The number of nitrogens with zero attached hydrogens (tertiary/aromatic N) is 1. The summed E-state index contributed by atoms with van der Waals surface area (Å²) in [7, 11) is 0. The van der Waals surface area contributed by atoms with Gasteiger partial charge in [0.1, 0.15) is 4.88 Å². The Kier molecular flexibility index (Phi) is 3.66. The lowest BCUT2D eigenvalue weighted by Crippen LogP contribution is -2.01. The Hall–Kier alpha value is -1.34. The van der Waals surface area contributed by atoms with Crippen LogP contribution in [0.3, 0.4) is 0 Å². The molecule has 0 aliphatic heterocycles. The SMILES string of the molecule is [C-]#[N+]Cc1cc(C(=O)OCC)sc1C. The number of hydrogen-bond acceptors (Lipinski definition) is 3. The smallest absolute Gasteiger partial charge is 0.348 e. The minimum absolute atomic E-state index is 0.295. The van der Waals surface area contributed by atoms with Crippen LogP contribution in [0.2, 0.25) is 0 Å². The van der Waals surface area contributed by atoms with Gasteiger partial charge in [-0.05, 0) is 19.9 Å². The summed E-state index contributed by atoms with van der Waals surface area (Å²) in [5.74, 6) is -0.295. The molecule has 14 heavy (non-hydrogen) atoms. The Balaban J connectivity index is 2.86. The molecular formula is C10H11NO2S. The summed E-state index contributed by atoms with van der Waals surface area (Å²) in [6.07, 6.45) is 0. The zero-order valence-electron chi connectivity index (χ0n) is 8.16. The first-order chi connectivity index (χ1) is 6.69. The van der Waals surface area contributed by atoms with Crippen molar-refractivity contribution in [2.24, 2.45) is 0 Å². The molecule has 0 saturated carbocycles. The van der Waals surface area contributed by atoms with Crippen LogP contribution in [-0.4, -0.2) is 12.6 Å². The first-order valence-electron chi connectivity index (χ1n) is 4.28. The number of hydrogen-bond donors (Lipinski definition) is 0. The maximum absolute atomic E-state index is 11.3. The van der Waals surface area contributed by atoms with E-state index in [0.717, 1.165) is 10.4 Å². The molecule has 1 aromatic rings. The lowest BCUT2D eigenvalue weighted by molar-refractivity contribution is 0.0532. The molecule has 0 amide bonds. The van der Waals surface area contributed by atoms with E-state index in [2.05, 4.69) is 4.85 Å². The molecule has 0 spiro atoms. The molecular weight excluding hydrogens is 198 g/mol. The first-order valence-corrected chi connectivity index (χ1v) is 5.10. The van der Waals surface area contributed by atoms with Gasteiger partial charge in [-0.25, -0.2) is 11.4 Å². The van der Waals surface area contributed by atoms with E-state index in [-0.39, 0.29) is 5.97 Å². The molecule has 0 aliphatic carbocycles. The first kappa shape index (κ1) is 10.7. The number of carbonyl (C=O) groups is 1. The lowest BCUT2D eigenvalue weighted by atomic mass is 10.2. The van der Waals surface area contributed by atoms with Crippen molar-refractivity contribution >= 4 is 17.3 Å². The molecule has 0 atom stereocenters. The summed E-state index contributed by atoms with van der Waals surface area (Å²) in [5, 5.41) is 0. The highest BCUT2D eigenvalue weighted by Crippen LogP contribution is 2.22. The van der Waals surface area contributed by atoms with Crippen molar-refractivity contribution in [2.75, 3.05) is 6.61 Å². The van der Waals surface area contributed by atoms with E-state index < -0.39 is 0 Å². The van der Waals surface area contributed by atoms with Crippen LogP contribution < -0.4 is 0 Å². The van der Waals surface area contributed by atoms with Crippen molar-refractivity contribution in [1.82, 2.24) is 0 Å². The fourth-order valence-electron chi connectivity index (χ4n) is 1.06. The van der Waals surface area contributed by atoms with Crippen LogP contribution in [0.5, 0.6) is 0 Å². The third kappa shape index (κ3) is 2.33. The van der Waals surface area contributed by atoms with Crippen LogP contribution >= 0.6 is 11.3 Å². The quantitative estimate of drug-likeness (QED) is 0.566. The Morgan fingerprint density at radius 3 is 3.00 bits per heavy atom. The fourth-order valence-corrected chi connectivity index (χ4v) is 1.99. The third-order valence-corrected chi connectivity index (χ3v) is 2.82. The highest BCUT2D eigenvalue weighted by atomic mass is 32.1. The van der Waals surface area contributed by atoms with E-state index in [9.17, 15) is 4.79 Å². The summed E-state index contributed by atoms with van der Waals surface area (Å²) < 4.78 is 4.87. The molecule has 1 heterocycles. The summed E-state index contributed by atoms with van der Waals surface area (Å²) >= 11 is 1.38. The van der Waals surface area contributed by atoms with E-state index in [1.165, 1.54) is 11.3 Å². The third-order valence-electron chi connectivity index (χ3n) is 1.75. The maximum Gasteiger partial charge on any atom is 0.348 e. The fraction of sp³-hybridized carbons (Fsp3) is 0.400. The topological polar surface area (TPSA) is 30.7 Å². The summed E-state index contributed by atoms with van der Waals surface area (Å²) in [4.78, 5) is 16.2. The monoisotopic (exact) mass is 209 g/mol. The molecule has 0 aliphatic rings. The average molecular weight is 209 g/mol. The van der Waals surface area contributed by atoms with Crippen LogP contribution in [0.25, 0.3) is 4.85 Å². The van der Waals surface area contributed by atoms with Crippen LogP contribution in [0.15, 0.2) is 6.07 Å². The highest BCUT2D eigenvalue weighted by molar-refractivity contribution is 7.14. The second-order valence-corrected chi connectivity index (χ2v) is 3.99. The molecule has 0 aromatic carbocycles. The van der Waals surface area contributed by atoms with Crippen LogP contribution in [0.1, 0.15) is 27.0 Å². The second-order valence-electron chi connectivity index (χ2n) is 2.73. The Labute approximate surface area is 87.1 Å². The maximum atomic E-state index is 11.3. The standard InChI is InChI=1S/C10H11NO2S/c1-4-13-10(12)9-5-8(6-11-3)7(2)14-9/h5H,4,6H2,1-2H3. The minimum atomic E-state index is -0.295. The van der Waals surface area contributed by atoms with E-state index in [0.29, 0.717) is 18.0 Å². The van der Waals surface area contributed by atoms with Gasteiger partial charge in [-0.15, -0.1) is 11.3 Å². The van der Waals surface area contributed by atoms with Crippen molar-refractivity contribution in [3.8, 4) is 0 Å². The molecule has 0 fully saturated rings. The minimum Gasteiger partial charge on any atom is -0.462 e. The highest BCUT2D eigenvalue weighted by Gasteiger charge is 2.14. The van der Waals surface area contributed by atoms with Gasteiger partial charge in [0.25, 0.3) is 0 Å². The summed E-state index contributed by atoms with van der Waals surface area (Å²) in [5.41, 5.74) is 0.924. The van der Waals surface area contributed by atoms with Crippen LogP contribution in [0, 0.1) is 13.5 Å². The number of esters is 1. The van der Waals surface area contributed by atoms with Crippen molar-refractivity contribution in [3.05, 3.63) is 32.8 Å². The van der Waals surface area contributed by atoms with Crippen LogP contribution in [0.4, 0.5) is 0 Å². The molecule has 0 bridgehead atoms. The average Bonchev–Trinajstić information content (AvgIpc) is 2.49. The molecule has 4 heteroatoms. The molecule has 1 rings (SSSR count). The second kappa shape index (κ2) is 4.77. The van der Waals surface area contributed by atoms with Gasteiger partial charge >= 0.3 is 5.97 Å². The molecule has 0 unspecified atom stereocenters. The van der Waals surface area contributed by atoms with E-state index in [4.69, 9.17) is 11.3 Å². The van der Waals surface area contributed by atoms with Crippen molar-refractivity contribution in [1.29, 1.82) is 0 Å². The Morgan fingerprint density at radius 1 is 1.71 bits per heavy atom. The van der Waals surface area contributed by atoms with Gasteiger partial charge in [0.15, 0.2) is 0 Å². The van der Waals surface area contributed by atoms with E-state index in [1.54, 1.807) is 13.0 Å². The van der Waals surface area contributed by atoms with Crippen molar-refractivity contribution in [2.45, 2.75) is 20.4 Å². The Morgan fingerprint density at radius 2 is 2.43 bits per heavy atom. The van der Waals surface area contributed by atoms with E-state index in [1.807, 2.05) is 6.92 Å². The molecule has 0 saturated heterocycles. The normalized spacial score (nSPS) is 9.50. The number of carbonyl (C=O) groups excluding carboxylic acids is 1. The van der Waals surface area contributed by atoms with Gasteiger partial charge < -0.3 is 9.58 Å². The van der Waals surface area contributed by atoms with Gasteiger partial charge in [0.2, 0.25) is 6.54 Å². The van der Waals surface area contributed by atoms with E-state index >= 15 is 0 Å².